The van der Waals surface area contributed by atoms with Crippen LogP contribution in [-0.4, -0.2) is 103 Å². The summed E-state index contributed by atoms with van der Waals surface area (Å²) in [7, 11) is 0. The van der Waals surface area contributed by atoms with Gasteiger partial charge in [-0.2, -0.15) is 0 Å². The van der Waals surface area contributed by atoms with Crippen LogP contribution in [0.15, 0.2) is 11.8 Å². The fraction of sp³-hybridized carbons (Fsp3) is 0.875. The molecule has 0 aromatic rings. The molecule has 208 valence electrons. The van der Waals surface area contributed by atoms with Crippen LogP contribution in [0.4, 0.5) is 0 Å². The molecule has 9 atom stereocenters. The van der Waals surface area contributed by atoms with E-state index < -0.39 is 49.1 Å². The third-order valence-electron chi connectivity index (χ3n) is 6.71. The van der Waals surface area contributed by atoms with E-state index in [2.05, 4.69) is 10.6 Å². The van der Waals surface area contributed by atoms with E-state index in [1.54, 1.807) is 0 Å². The van der Waals surface area contributed by atoms with Crippen LogP contribution in [0.2, 0.25) is 0 Å². The first-order valence-corrected chi connectivity index (χ1v) is 13.0. The van der Waals surface area contributed by atoms with E-state index >= 15 is 0 Å². The maximum Gasteiger partial charge on any atom is 0.221 e. The number of amides is 1. The number of carbonyl (C=O) groups is 1. The molecule has 3 rings (SSSR count). The molecule has 0 unspecified atom stereocenters. The van der Waals surface area contributed by atoms with Crippen LogP contribution in [-0.2, 0) is 23.7 Å². The molecular weight excluding hydrogens is 472 g/mol. The third kappa shape index (κ3) is 8.33. The molecule has 12 nitrogen and oxygen atoms in total. The van der Waals surface area contributed by atoms with Gasteiger partial charge in [0.2, 0.25) is 5.91 Å². The molecule has 36 heavy (non-hydrogen) atoms. The third-order valence-corrected chi connectivity index (χ3v) is 6.71. The van der Waals surface area contributed by atoms with E-state index in [0.29, 0.717) is 45.4 Å². The summed E-state index contributed by atoms with van der Waals surface area (Å²) in [6, 6.07) is -1.21. The number of hydrogen-bond donors (Lipinski definition) is 7. The summed E-state index contributed by atoms with van der Waals surface area (Å²) in [6.07, 6.45) is -0.408. The highest BCUT2D eigenvalue weighted by atomic mass is 16.7. The lowest BCUT2D eigenvalue weighted by Crippen LogP contribution is -2.66. The van der Waals surface area contributed by atoms with Gasteiger partial charge in [0.25, 0.3) is 0 Å². The predicted molar refractivity (Wildman–Crippen MR) is 130 cm³/mol. The number of ether oxygens (including phenoxy) is 4. The smallest absolute Gasteiger partial charge is 0.221 e. The fourth-order valence-corrected chi connectivity index (χ4v) is 4.85. The number of carbonyl (C=O) groups excluding carboxylic acids is 1. The number of aliphatic hydroxyl groups is 3. The van der Waals surface area contributed by atoms with E-state index in [-0.39, 0.29) is 31.4 Å². The van der Waals surface area contributed by atoms with Gasteiger partial charge < -0.3 is 56.4 Å². The number of nitrogens with two attached hydrogens (primary N) is 2. The molecule has 1 amide bonds. The highest BCUT2D eigenvalue weighted by molar-refractivity contribution is 5.76. The maximum absolute atomic E-state index is 12.3. The molecule has 2 aliphatic heterocycles. The summed E-state index contributed by atoms with van der Waals surface area (Å²) in [5, 5.41) is 36.8. The van der Waals surface area contributed by atoms with Gasteiger partial charge in [-0.15, -0.1) is 0 Å². The van der Waals surface area contributed by atoms with Crippen LogP contribution in [0.3, 0.4) is 0 Å². The molecule has 0 aromatic heterocycles. The number of aliphatic hydroxyl groups excluding tert-OH is 3. The zero-order valence-corrected chi connectivity index (χ0v) is 21.1. The molecule has 1 saturated carbocycles. The zero-order chi connectivity index (χ0) is 26.1. The van der Waals surface area contributed by atoms with Gasteiger partial charge in [0.05, 0.1) is 19.2 Å². The number of nitrogens with one attached hydrogen (secondary N) is 2. The van der Waals surface area contributed by atoms with Crippen LogP contribution < -0.4 is 22.1 Å². The largest absolute Gasteiger partial charge is 0.468 e. The van der Waals surface area contributed by atoms with E-state index in [4.69, 9.17) is 35.5 Å². The summed E-state index contributed by atoms with van der Waals surface area (Å²) < 4.78 is 23.9. The molecule has 0 spiro atoms. The second-order valence-corrected chi connectivity index (χ2v) is 9.96. The van der Waals surface area contributed by atoms with Crippen LogP contribution in [0.1, 0.15) is 45.4 Å². The van der Waals surface area contributed by atoms with Gasteiger partial charge in [-0.05, 0) is 44.2 Å². The highest BCUT2D eigenvalue weighted by Gasteiger charge is 2.48. The first-order valence-electron chi connectivity index (χ1n) is 13.0. The van der Waals surface area contributed by atoms with Crippen LogP contribution in [0.25, 0.3) is 0 Å². The molecule has 0 aromatic carbocycles. The first kappa shape index (κ1) is 29.2. The Labute approximate surface area is 212 Å². The molecule has 2 heterocycles. The van der Waals surface area contributed by atoms with Crippen molar-refractivity contribution < 1.29 is 39.1 Å². The van der Waals surface area contributed by atoms with Crippen molar-refractivity contribution >= 4 is 5.91 Å². The Hall–Kier alpha value is -1.35. The van der Waals surface area contributed by atoms with Crippen LogP contribution >= 0.6 is 0 Å². The zero-order valence-electron chi connectivity index (χ0n) is 21.1. The fourth-order valence-electron chi connectivity index (χ4n) is 4.85. The molecule has 3 aliphatic rings. The Morgan fingerprint density at radius 3 is 2.78 bits per heavy atom. The van der Waals surface area contributed by atoms with E-state index in [9.17, 15) is 15.0 Å². The summed E-state index contributed by atoms with van der Waals surface area (Å²) in [5.41, 5.74) is 11.9. The Balaban J connectivity index is 1.65. The second kappa shape index (κ2) is 14.6. The van der Waals surface area contributed by atoms with Gasteiger partial charge in [0, 0.05) is 32.0 Å². The molecule has 1 saturated heterocycles. The standard InChI is InChI=1S/C24H44N4O8/c1-14-10-18(30)24(33-13-14)36-23-17(28-19(31)6-7-25)11-16(26)22(21(23)32)35-20-5-2-4-15(34-20)12-27-8-3-9-29/h4,14,16-18,20-24,27,29-30,32H,2-3,5-13,25-26H2,1H3,(H,28,31)/t14-,16-,17+,18+,20+,21-,22+,23-,24+/m0/s1. The Morgan fingerprint density at radius 1 is 1.25 bits per heavy atom. The molecular formula is C24H44N4O8. The topological polar surface area (TPSA) is 191 Å². The molecule has 12 heteroatoms. The summed E-state index contributed by atoms with van der Waals surface area (Å²) in [6.45, 7) is 3.88. The van der Waals surface area contributed by atoms with Gasteiger partial charge in [0.1, 0.15) is 30.2 Å². The lowest BCUT2D eigenvalue weighted by Gasteiger charge is -2.46. The van der Waals surface area contributed by atoms with Gasteiger partial charge in [-0.1, -0.05) is 6.92 Å². The van der Waals surface area contributed by atoms with Crippen molar-refractivity contribution in [3.05, 3.63) is 11.8 Å². The lowest BCUT2D eigenvalue weighted by atomic mass is 9.83. The Morgan fingerprint density at radius 2 is 2.06 bits per heavy atom. The minimum absolute atomic E-state index is 0.120. The van der Waals surface area contributed by atoms with Gasteiger partial charge in [0.15, 0.2) is 12.6 Å². The van der Waals surface area contributed by atoms with Crippen molar-refractivity contribution in [2.24, 2.45) is 17.4 Å². The lowest BCUT2D eigenvalue weighted by molar-refractivity contribution is -0.282. The van der Waals surface area contributed by atoms with Crippen molar-refractivity contribution in [1.29, 1.82) is 0 Å². The maximum atomic E-state index is 12.3. The molecule has 0 bridgehead atoms. The SMILES string of the molecule is C[C@@H]1CO[C@H](O[C@@H]2[C@@H](O)[C@H](O[C@@H]3CCC=C(CNCCCO)O3)[C@@H](N)C[C@H]2NC(=O)CCN)[C@H](O)C1. The quantitative estimate of drug-likeness (QED) is 0.148. The average molecular weight is 517 g/mol. The normalized spacial score (nSPS) is 37.2. The van der Waals surface area contributed by atoms with Crippen LogP contribution in [0.5, 0.6) is 0 Å². The van der Waals surface area contributed by atoms with Gasteiger partial charge >= 0.3 is 0 Å². The minimum atomic E-state index is -1.20. The van der Waals surface area contributed by atoms with Crippen LogP contribution in [0, 0.1) is 5.92 Å². The van der Waals surface area contributed by atoms with Crippen molar-refractivity contribution in [3.8, 4) is 0 Å². The monoisotopic (exact) mass is 516 g/mol. The minimum Gasteiger partial charge on any atom is -0.468 e. The van der Waals surface area contributed by atoms with E-state index in [0.717, 1.165) is 12.2 Å². The molecule has 0 radical (unpaired) electrons. The second-order valence-electron chi connectivity index (χ2n) is 9.96. The first-order chi connectivity index (χ1) is 17.3. The molecule has 1 aliphatic carbocycles. The number of allylic oxidation sites excluding steroid dienone is 1. The van der Waals surface area contributed by atoms with Gasteiger partial charge in [-0.3, -0.25) is 4.79 Å². The molecule has 9 N–H and O–H groups in total. The van der Waals surface area contributed by atoms with Crippen molar-refractivity contribution in [2.75, 3.05) is 32.8 Å². The van der Waals surface area contributed by atoms with Crippen molar-refractivity contribution in [3.63, 3.8) is 0 Å². The van der Waals surface area contributed by atoms with Crippen molar-refractivity contribution in [1.82, 2.24) is 10.6 Å². The van der Waals surface area contributed by atoms with E-state index in [1.165, 1.54) is 0 Å². The van der Waals surface area contributed by atoms with Gasteiger partial charge in [-0.25, -0.2) is 0 Å². The predicted octanol–water partition coefficient (Wildman–Crippen LogP) is -1.58. The van der Waals surface area contributed by atoms with Crippen molar-refractivity contribution in [2.45, 2.75) is 94.5 Å². The molecule has 2 fully saturated rings. The number of hydrogen-bond acceptors (Lipinski definition) is 11. The summed E-state index contributed by atoms with van der Waals surface area (Å²) in [4.78, 5) is 12.3. The summed E-state index contributed by atoms with van der Waals surface area (Å²) >= 11 is 0. The Bertz CT molecular complexity index is 714. The number of rotatable bonds is 12. The Kier molecular flexibility index (Phi) is 11.8. The van der Waals surface area contributed by atoms with E-state index in [1.807, 2.05) is 13.0 Å². The summed E-state index contributed by atoms with van der Waals surface area (Å²) in [5.74, 6) is 0.646. The highest BCUT2D eigenvalue weighted by Crippen LogP contribution is 2.31. The average Bonchev–Trinajstić information content (AvgIpc) is 2.83.